The molecule has 0 saturated carbocycles. The van der Waals surface area contributed by atoms with Crippen LogP contribution in [0.15, 0.2) is 48.5 Å². The predicted octanol–water partition coefficient (Wildman–Crippen LogP) is 5.31. The van der Waals surface area contributed by atoms with Gasteiger partial charge in [-0.3, -0.25) is 4.79 Å². The minimum absolute atomic E-state index is 0.208. The van der Waals surface area contributed by atoms with Crippen molar-refractivity contribution in [1.82, 2.24) is 0 Å². The van der Waals surface area contributed by atoms with E-state index in [1.54, 1.807) is 44.6 Å². The first kappa shape index (κ1) is 21.4. The number of hydrogen-bond donors (Lipinski definition) is 1. The van der Waals surface area contributed by atoms with E-state index in [2.05, 4.69) is 12.2 Å². The van der Waals surface area contributed by atoms with Crippen molar-refractivity contribution in [2.75, 3.05) is 26.1 Å². The van der Waals surface area contributed by atoms with Crippen LogP contribution in [0.3, 0.4) is 0 Å². The molecule has 0 heterocycles. The summed E-state index contributed by atoms with van der Waals surface area (Å²) >= 11 is 0. The van der Waals surface area contributed by atoms with Crippen molar-refractivity contribution in [3.63, 3.8) is 0 Å². The van der Waals surface area contributed by atoms with Crippen LogP contribution in [0, 0.1) is 0 Å². The van der Waals surface area contributed by atoms with Crippen LogP contribution in [-0.2, 0) is 4.79 Å². The van der Waals surface area contributed by atoms with Gasteiger partial charge in [-0.25, -0.2) is 0 Å². The van der Waals surface area contributed by atoms with Gasteiger partial charge in [0.2, 0.25) is 5.91 Å². The summed E-state index contributed by atoms with van der Waals surface area (Å²) in [6.45, 7) is 2.86. The zero-order chi connectivity index (χ0) is 20.2. The van der Waals surface area contributed by atoms with Crippen LogP contribution in [0.4, 0.5) is 5.69 Å². The van der Waals surface area contributed by atoms with E-state index in [0.717, 1.165) is 23.5 Å². The topological polar surface area (TPSA) is 56.8 Å². The van der Waals surface area contributed by atoms with Gasteiger partial charge in [0.1, 0.15) is 5.75 Å². The van der Waals surface area contributed by atoms with Crippen LogP contribution in [0.1, 0.15) is 38.2 Å². The maximum atomic E-state index is 12.1. The third-order valence-corrected chi connectivity index (χ3v) is 4.23. The van der Waals surface area contributed by atoms with Gasteiger partial charge in [0, 0.05) is 11.8 Å². The van der Waals surface area contributed by atoms with Gasteiger partial charge >= 0.3 is 0 Å². The molecular weight excluding hydrogens is 354 g/mol. The van der Waals surface area contributed by atoms with Crippen molar-refractivity contribution in [3.8, 4) is 17.2 Å². The van der Waals surface area contributed by atoms with Gasteiger partial charge in [0.15, 0.2) is 11.5 Å². The lowest BCUT2D eigenvalue weighted by atomic mass is 10.2. The average Bonchev–Trinajstić information content (AvgIpc) is 2.73. The second-order valence-corrected chi connectivity index (χ2v) is 6.37. The van der Waals surface area contributed by atoms with Crippen molar-refractivity contribution in [1.29, 1.82) is 0 Å². The van der Waals surface area contributed by atoms with Crippen LogP contribution in [-0.4, -0.2) is 26.7 Å². The Kier molecular flexibility index (Phi) is 8.92. The molecule has 2 aromatic rings. The molecule has 0 atom stereocenters. The molecule has 5 heteroatoms. The van der Waals surface area contributed by atoms with E-state index >= 15 is 0 Å². The van der Waals surface area contributed by atoms with Gasteiger partial charge in [-0.15, -0.1) is 0 Å². The zero-order valence-corrected chi connectivity index (χ0v) is 16.9. The number of benzene rings is 2. The van der Waals surface area contributed by atoms with E-state index in [4.69, 9.17) is 14.2 Å². The summed E-state index contributed by atoms with van der Waals surface area (Å²) < 4.78 is 16.3. The van der Waals surface area contributed by atoms with E-state index < -0.39 is 0 Å². The van der Waals surface area contributed by atoms with Crippen LogP contribution in [0.25, 0.3) is 6.08 Å². The Morgan fingerprint density at radius 3 is 2.43 bits per heavy atom. The molecule has 0 unspecified atom stereocenters. The number of carbonyl (C=O) groups excluding carboxylic acids is 1. The fourth-order valence-corrected chi connectivity index (χ4v) is 2.65. The second kappa shape index (κ2) is 11.7. The number of anilines is 1. The minimum atomic E-state index is -0.208. The third kappa shape index (κ3) is 6.99. The Labute approximate surface area is 167 Å². The van der Waals surface area contributed by atoms with Crippen LogP contribution in [0.2, 0.25) is 0 Å². The molecule has 0 bridgehead atoms. The first-order valence-electron chi connectivity index (χ1n) is 9.60. The van der Waals surface area contributed by atoms with Crippen LogP contribution >= 0.6 is 0 Å². The molecule has 0 aliphatic heterocycles. The van der Waals surface area contributed by atoms with Gasteiger partial charge in [-0.2, -0.15) is 0 Å². The number of hydrogen-bond acceptors (Lipinski definition) is 4. The normalized spacial score (nSPS) is 10.7. The zero-order valence-electron chi connectivity index (χ0n) is 16.9. The summed E-state index contributed by atoms with van der Waals surface area (Å²) in [5.74, 6) is 1.92. The predicted molar refractivity (Wildman–Crippen MR) is 113 cm³/mol. The number of amides is 1. The van der Waals surface area contributed by atoms with Gasteiger partial charge in [-0.05, 0) is 54.5 Å². The molecule has 0 aliphatic rings. The maximum Gasteiger partial charge on any atom is 0.248 e. The number of unbranched alkanes of at least 4 members (excludes halogenated alkanes) is 3. The molecule has 0 spiro atoms. The molecular formula is C23H29NO4. The van der Waals surface area contributed by atoms with Crippen molar-refractivity contribution < 1.29 is 19.0 Å². The molecule has 2 rings (SSSR count). The van der Waals surface area contributed by atoms with E-state index in [9.17, 15) is 4.79 Å². The highest BCUT2D eigenvalue weighted by Gasteiger charge is 2.05. The number of carbonyl (C=O) groups is 1. The Balaban J connectivity index is 1.91. The quantitative estimate of drug-likeness (QED) is 0.422. The largest absolute Gasteiger partial charge is 0.497 e. The summed E-state index contributed by atoms with van der Waals surface area (Å²) in [6, 6.07) is 12.8. The third-order valence-electron chi connectivity index (χ3n) is 4.23. The Hall–Kier alpha value is -2.95. The molecule has 0 aliphatic carbocycles. The average molecular weight is 383 g/mol. The number of nitrogens with one attached hydrogen (secondary N) is 1. The van der Waals surface area contributed by atoms with Gasteiger partial charge in [0.05, 0.1) is 20.8 Å². The standard InChI is InChI=1S/C23H29NO4/c1-4-5-6-7-16-28-21-14-8-18(17-22(21)27-3)9-15-23(25)24-19-10-12-20(26-2)13-11-19/h8-15,17H,4-7,16H2,1-3H3,(H,24,25). The molecule has 0 aromatic heterocycles. The smallest absolute Gasteiger partial charge is 0.248 e. The molecule has 28 heavy (non-hydrogen) atoms. The first-order chi connectivity index (χ1) is 13.7. The van der Waals surface area contributed by atoms with Crippen molar-refractivity contribution >= 4 is 17.7 Å². The fraction of sp³-hybridized carbons (Fsp3) is 0.348. The molecule has 0 radical (unpaired) electrons. The Bertz CT molecular complexity index is 769. The summed E-state index contributed by atoms with van der Waals surface area (Å²) in [7, 11) is 3.22. The molecule has 0 saturated heterocycles. The summed E-state index contributed by atoms with van der Waals surface area (Å²) in [4.78, 5) is 12.1. The second-order valence-electron chi connectivity index (χ2n) is 6.37. The lowest BCUT2D eigenvalue weighted by Crippen LogP contribution is -2.07. The van der Waals surface area contributed by atoms with Gasteiger partial charge in [-0.1, -0.05) is 32.3 Å². The highest BCUT2D eigenvalue weighted by atomic mass is 16.5. The van der Waals surface area contributed by atoms with E-state index in [0.29, 0.717) is 18.0 Å². The molecule has 1 amide bonds. The number of rotatable bonds is 11. The number of ether oxygens (including phenoxy) is 3. The Morgan fingerprint density at radius 2 is 1.75 bits per heavy atom. The summed E-state index contributed by atoms with van der Waals surface area (Å²) in [6.07, 6.45) is 7.86. The van der Waals surface area contributed by atoms with E-state index in [1.165, 1.54) is 25.3 Å². The minimum Gasteiger partial charge on any atom is -0.497 e. The highest BCUT2D eigenvalue weighted by Crippen LogP contribution is 2.29. The van der Waals surface area contributed by atoms with E-state index in [-0.39, 0.29) is 5.91 Å². The summed E-state index contributed by atoms with van der Waals surface area (Å²) in [5.41, 5.74) is 1.57. The maximum absolute atomic E-state index is 12.1. The fourth-order valence-electron chi connectivity index (χ4n) is 2.65. The molecule has 5 nitrogen and oxygen atoms in total. The monoisotopic (exact) mass is 383 g/mol. The first-order valence-corrected chi connectivity index (χ1v) is 9.60. The van der Waals surface area contributed by atoms with Crippen molar-refractivity contribution in [2.24, 2.45) is 0 Å². The molecule has 150 valence electrons. The Morgan fingerprint density at radius 1 is 0.964 bits per heavy atom. The number of methoxy groups -OCH3 is 2. The van der Waals surface area contributed by atoms with Crippen molar-refractivity contribution in [2.45, 2.75) is 32.6 Å². The van der Waals surface area contributed by atoms with Crippen molar-refractivity contribution in [3.05, 3.63) is 54.1 Å². The summed E-state index contributed by atoms with van der Waals surface area (Å²) in [5, 5.41) is 2.81. The molecule has 2 aromatic carbocycles. The van der Waals surface area contributed by atoms with Gasteiger partial charge in [0.25, 0.3) is 0 Å². The molecule has 1 N–H and O–H groups in total. The molecule has 0 fully saturated rings. The SMILES string of the molecule is CCCCCCOc1ccc(C=CC(=O)Nc2ccc(OC)cc2)cc1OC. The lowest BCUT2D eigenvalue weighted by Gasteiger charge is -2.11. The van der Waals surface area contributed by atoms with E-state index in [1.807, 2.05) is 18.2 Å². The van der Waals surface area contributed by atoms with Crippen LogP contribution < -0.4 is 19.5 Å². The highest BCUT2D eigenvalue weighted by molar-refractivity contribution is 6.01. The lowest BCUT2D eigenvalue weighted by molar-refractivity contribution is -0.111. The van der Waals surface area contributed by atoms with Gasteiger partial charge < -0.3 is 19.5 Å². The van der Waals surface area contributed by atoms with Crippen LogP contribution in [0.5, 0.6) is 17.2 Å².